The number of hydrogen-bond acceptors (Lipinski definition) is 4. The van der Waals surface area contributed by atoms with Crippen LogP contribution in [0.4, 0.5) is 0 Å². The van der Waals surface area contributed by atoms with Gasteiger partial charge in [-0.3, -0.25) is 0 Å². The van der Waals surface area contributed by atoms with E-state index >= 15 is 0 Å². The molecule has 0 aliphatic heterocycles. The fraction of sp³-hybridized carbons (Fsp3) is 0.182. The predicted octanol–water partition coefficient (Wildman–Crippen LogP) is 6.28. The third-order valence-corrected chi connectivity index (χ3v) is 6.65. The Kier molecular flexibility index (Phi) is 6.44. The van der Waals surface area contributed by atoms with E-state index in [2.05, 4.69) is 0 Å². The first-order chi connectivity index (χ1) is 13.3. The summed E-state index contributed by atoms with van der Waals surface area (Å²) in [6.45, 7) is 8.05. The SMILES string of the molecule is C[PH](C)(Oc1ccccc1)Oc1ccccc1O[PH](C)(C)Oc1ccccc1. The summed E-state index contributed by atoms with van der Waals surface area (Å²) in [5, 5.41) is 0. The molecule has 0 aliphatic rings. The molecule has 0 amide bonds. The Labute approximate surface area is 168 Å². The summed E-state index contributed by atoms with van der Waals surface area (Å²) < 4.78 is 24.8. The van der Waals surface area contributed by atoms with E-state index in [0.717, 1.165) is 11.5 Å². The summed E-state index contributed by atoms with van der Waals surface area (Å²) in [7, 11) is -4.94. The van der Waals surface area contributed by atoms with E-state index in [1.54, 1.807) is 0 Å². The van der Waals surface area contributed by atoms with E-state index in [1.807, 2.05) is 112 Å². The average molecular weight is 418 g/mol. The van der Waals surface area contributed by atoms with Gasteiger partial charge in [0.1, 0.15) is 0 Å². The summed E-state index contributed by atoms with van der Waals surface area (Å²) in [5.74, 6) is 2.96. The molecule has 0 aliphatic carbocycles. The molecular weight excluding hydrogens is 390 g/mol. The molecule has 150 valence electrons. The van der Waals surface area contributed by atoms with E-state index in [0.29, 0.717) is 11.5 Å². The van der Waals surface area contributed by atoms with Crippen molar-refractivity contribution in [1.29, 1.82) is 0 Å². The van der Waals surface area contributed by atoms with Gasteiger partial charge in [-0.15, -0.1) is 0 Å². The Morgan fingerprint density at radius 1 is 0.429 bits per heavy atom. The summed E-state index contributed by atoms with van der Waals surface area (Å²) in [5.41, 5.74) is 0. The van der Waals surface area contributed by atoms with Gasteiger partial charge >= 0.3 is 168 Å². The summed E-state index contributed by atoms with van der Waals surface area (Å²) >= 11 is 0. The second-order valence-electron chi connectivity index (χ2n) is 7.28. The molecule has 0 fully saturated rings. The normalized spacial score (nSPS) is 12.7. The topological polar surface area (TPSA) is 36.9 Å². The zero-order valence-corrected chi connectivity index (χ0v) is 18.7. The molecule has 0 radical (unpaired) electrons. The van der Waals surface area contributed by atoms with Gasteiger partial charge in [0.2, 0.25) is 0 Å². The van der Waals surface area contributed by atoms with Gasteiger partial charge in [-0.2, -0.15) is 0 Å². The van der Waals surface area contributed by atoms with Crippen molar-refractivity contribution in [2.75, 3.05) is 26.7 Å². The molecule has 0 heterocycles. The van der Waals surface area contributed by atoms with Crippen molar-refractivity contribution in [3.63, 3.8) is 0 Å². The Hall–Kier alpha value is -2.28. The van der Waals surface area contributed by atoms with Crippen LogP contribution in [0.15, 0.2) is 84.9 Å². The van der Waals surface area contributed by atoms with Crippen molar-refractivity contribution in [3.05, 3.63) is 84.9 Å². The van der Waals surface area contributed by atoms with Gasteiger partial charge in [0.05, 0.1) is 0 Å². The van der Waals surface area contributed by atoms with Crippen molar-refractivity contribution < 1.29 is 18.1 Å². The van der Waals surface area contributed by atoms with Crippen LogP contribution in [0.25, 0.3) is 0 Å². The molecule has 0 unspecified atom stereocenters. The van der Waals surface area contributed by atoms with Crippen molar-refractivity contribution in [1.82, 2.24) is 0 Å². The van der Waals surface area contributed by atoms with Crippen LogP contribution in [0.3, 0.4) is 0 Å². The molecule has 4 nitrogen and oxygen atoms in total. The quantitative estimate of drug-likeness (QED) is 0.404. The number of para-hydroxylation sites is 4. The number of benzene rings is 3. The van der Waals surface area contributed by atoms with Crippen LogP contribution in [0.2, 0.25) is 0 Å². The monoisotopic (exact) mass is 418 g/mol. The molecule has 0 bridgehead atoms. The van der Waals surface area contributed by atoms with Crippen LogP contribution in [-0.4, -0.2) is 26.7 Å². The van der Waals surface area contributed by atoms with Crippen LogP contribution < -0.4 is 18.1 Å². The van der Waals surface area contributed by atoms with Crippen LogP contribution in [0, 0.1) is 0 Å². The van der Waals surface area contributed by atoms with Gasteiger partial charge < -0.3 is 0 Å². The van der Waals surface area contributed by atoms with Crippen LogP contribution in [-0.2, 0) is 0 Å². The molecule has 0 spiro atoms. The third kappa shape index (κ3) is 6.12. The maximum atomic E-state index is 6.29. The van der Waals surface area contributed by atoms with Crippen LogP contribution >= 0.6 is 15.4 Å². The Morgan fingerprint density at radius 3 is 1.11 bits per heavy atom. The molecule has 0 saturated heterocycles. The average Bonchev–Trinajstić information content (AvgIpc) is 2.64. The van der Waals surface area contributed by atoms with Crippen LogP contribution in [0.1, 0.15) is 0 Å². The summed E-state index contributed by atoms with van der Waals surface area (Å²) in [6, 6.07) is 27.1. The van der Waals surface area contributed by atoms with Gasteiger partial charge in [0, 0.05) is 0 Å². The van der Waals surface area contributed by atoms with Crippen molar-refractivity contribution in [3.8, 4) is 23.0 Å². The first-order valence-corrected chi connectivity index (χ1v) is 14.9. The molecule has 3 aromatic carbocycles. The van der Waals surface area contributed by atoms with Crippen molar-refractivity contribution in [2.45, 2.75) is 0 Å². The molecule has 28 heavy (non-hydrogen) atoms. The standard InChI is InChI=1S/C22H28O4P2/c1-27(2,23-19-13-7-5-8-14-19)25-21-17-11-12-18-22(21)26-28(3,4)24-20-15-9-6-10-16-20/h5-18,27-28H,1-4H3. The zero-order chi connectivity index (χ0) is 20.0. The molecule has 0 N–H and O–H groups in total. The molecule has 0 saturated carbocycles. The third-order valence-electron chi connectivity index (χ3n) is 3.77. The van der Waals surface area contributed by atoms with Gasteiger partial charge in [-0.25, -0.2) is 0 Å². The molecule has 3 rings (SSSR count). The van der Waals surface area contributed by atoms with E-state index < -0.39 is 15.4 Å². The summed E-state index contributed by atoms with van der Waals surface area (Å²) in [6.07, 6.45) is 0. The van der Waals surface area contributed by atoms with Gasteiger partial charge in [-0.1, -0.05) is 0 Å². The first kappa shape index (κ1) is 20.5. The van der Waals surface area contributed by atoms with E-state index in [-0.39, 0.29) is 0 Å². The summed E-state index contributed by atoms with van der Waals surface area (Å²) in [4.78, 5) is 0. The molecule has 3 aromatic rings. The molecule has 6 heteroatoms. The minimum absolute atomic E-state index is 0.673. The zero-order valence-electron chi connectivity index (χ0n) is 16.7. The van der Waals surface area contributed by atoms with Gasteiger partial charge in [0.15, 0.2) is 0 Å². The second-order valence-corrected chi connectivity index (χ2v) is 13.7. The van der Waals surface area contributed by atoms with Crippen LogP contribution in [0.5, 0.6) is 23.0 Å². The van der Waals surface area contributed by atoms with Gasteiger partial charge in [-0.05, 0) is 0 Å². The fourth-order valence-corrected chi connectivity index (χ4v) is 5.62. The molecule has 0 atom stereocenters. The Balaban J connectivity index is 1.73. The van der Waals surface area contributed by atoms with Crippen molar-refractivity contribution >= 4 is 15.4 Å². The molecular formula is C22H28O4P2. The Morgan fingerprint density at radius 2 is 0.750 bits per heavy atom. The van der Waals surface area contributed by atoms with Gasteiger partial charge in [0.25, 0.3) is 0 Å². The van der Waals surface area contributed by atoms with E-state index in [1.165, 1.54) is 0 Å². The predicted molar refractivity (Wildman–Crippen MR) is 122 cm³/mol. The fourth-order valence-electron chi connectivity index (χ4n) is 2.73. The molecule has 0 aromatic heterocycles. The Bertz CT molecular complexity index is 809. The second kappa shape index (κ2) is 8.82. The number of hydrogen-bond donors (Lipinski definition) is 0. The number of rotatable bonds is 8. The van der Waals surface area contributed by atoms with Crippen molar-refractivity contribution in [2.24, 2.45) is 0 Å². The minimum atomic E-state index is -2.47. The van der Waals surface area contributed by atoms with E-state index in [9.17, 15) is 0 Å². The first-order valence-electron chi connectivity index (χ1n) is 9.28. The van der Waals surface area contributed by atoms with E-state index in [4.69, 9.17) is 18.1 Å². The maximum absolute atomic E-state index is 6.29.